The third kappa shape index (κ3) is 2.68. The number of hydrogen-bond acceptors (Lipinski definition) is 5. The standard InChI is InChI=1S/C14H17N5O/c1-10-17-12(8-13(20)18-10)11-4-2-7-19(9-11)14-15-5-3-6-16-14/h3,5-6,8,11H,2,4,7,9H2,1H3,(H,17,18,20)/t11-/m0/s1. The van der Waals surface area contributed by atoms with Gasteiger partial charge in [-0.2, -0.15) is 0 Å². The molecular weight excluding hydrogens is 254 g/mol. The fourth-order valence-corrected chi connectivity index (χ4v) is 2.67. The SMILES string of the molecule is Cc1nc([C@H]2CCCN(c3ncccn3)C2)cc(=O)[nH]1. The summed E-state index contributed by atoms with van der Waals surface area (Å²) in [6, 6.07) is 3.42. The summed E-state index contributed by atoms with van der Waals surface area (Å²) in [5.74, 6) is 1.67. The largest absolute Gasteiger partial charge is 0.340 e. The summed E-state index contributed by atoms with van der Waals surface area (Å²) in [5, 5.41) is 0. The lowest BCUT2D eigenvalue weighted by Gasteiger charge is -2.32. The average molecular weight is 271 g/mol. The number of H-pyrrole nitrogens is 1. The molecule has 1 aliphatic heterocycles. The molecule has 1 N–H and O–H groups in total. The molecule has 104 valence electrons. The molecule has 3 heterocycles. The molecule has 0 bridgehead atoms. The molecule has 0 saturated carbocycles. The van der Waals surface area contributed by atoms with Crippen molar-refractivity contribution >= 4 is 5.95 Å². The van der Waals surface area contributed by atoms with Crippen LogP contribution in [0.5, 0.6) is 0 Å². The second kappa shape index (κ2) is 5.40. The summed E-state index contributed by atoms with van der Waals surface area (Å²) < 4.78 is 0. The van der Waals surface area contributed by atoms with E-state index in [1.165, 1.54) is 0 Å². The van der Waals surface area contributed by atoms with Gasteiger partial charge >= 0.3 is 0 Å². The van der Waals surface area contributed by atoms with E-state index in [-0.39, 0.29) is 11.5 Å². The lowest BCUT2D eigenvalue weighted by molar-refractivity contribution is 0.493. The molecule has 0 aliphatic carbocycles. The quantitative estimate of drug-likeness (QED) is 0.889. The molecule has 3 rings (SSSR count). The van der Waals surface area contributed by atoms with Crippen molar-refractivity contribution in [2.75, 3.05) is 18.0 Å². The van der Waals surface area contributed by atoms with Crippen LogP contribution >= 0.6 is 0 Å². The molecule has 2 aromatic rings. The summed E-state index contributed by atoms with van der Waals surface area (Å²) in [6.07, 6.45) is 5.60. The Morgan fingerprint density at radius 1 is 1.35 bits per heavy atom. The monoisotopic (exact) mass is 271 g/mol. The Balaban J connectivity index is 1.83. The van der Waals surface area contributed by atoms with E-state index in [1.54, 1.807) is 18.5 Å². The summed E-state index contributed by atoms with van der Waals surface area (Å²) >= 11 is 0. The number of piperidine rings is 1. The number of anilines is 1. The molecule has 0 aromatic carbocycles. The van der Waals surface area contributed by atoms with Crippen molar-refractivity contribution < 1.29 is 0 Å². The van der Waals surface area contributed by atoms with Crippen molar-refractivity contribution in [3.8, 4) is 0 Å². The molecule has 1 fully saturated rings. The van der Waals surface area contributed by atoms with Crippen molar-refractivity contribution in [1.82, 2.24) is 19.9 Å². The van der Waals surface area contributed by atoms with Crippen LogP contribution in [-0.2, 0) is 0 Å². The number of hydrogen-bond donors (Lipinski definition) is 1. The first-order valence-electron chi connectivity index (χ1n) is 6.82. The van der Waals surface area contributed by atoms with E-state index in [4.69, 9.17) is 0 Å². The van der Waals surface area contributed by atoms with Crippen LogP contribution < -0.4 is 10.5 Å². The molecule has 1 atom stereocenters. The summed E-state index contributed by atoms with van der Waals surface area (Å²) in [6.45, 7) is 3.56. The zero-order chi connectivity index (χ0) is 13.9. The summed E-state index contributed by atoms with van der Waals surface area (Å²) in [7, 11) is 0. The molecule has 1 saturated heterocycles. The van der Waals surface area contributed by atoms with Crippen LogP contribution in [0.15, 0.2) is 29.3 Å². The van der Waals surface area contributed by atoms with Crippen molar-refractivity contribution in [3.63, 3.8) is 0 Å². The van der Waals surface area contributed by atoms with Crippen molar-refractivity contribution in [2.45, 2.75) is 25.7 Å². The van der Waals surface area contributed by atoms with E-state index in [2.05, 4.69) is 24.8 Å². The lowest BCUT2D eigenvalue weighted by atomic mass is 9.94. The van der Waals surface area contributed by atoms with Crippen LogP contribution in [0.1, 0.15) is 30.3 Å². The maximum absolute atomic E-state index is 11.6. The van der Waals surface area contributed by atoms with Gasteiger partial charge in [-0.3, -0.25) is 4.79 Å². The Bertz CT molecular complexity index is 640. The molecule has 20 heavy (non-hydrogen) atoms. The molecule has 6 heteroatoms. The molecule has 0 amide bonds. The van der Waals surface area contributed by atoms with Gasteiger partial charge in [0.05, 0.1) is 5.69 Å². The highest BCUT2D eigenvalue weighted by atomic mass is 16.1. The van der Waals surface area contributed by atoms with Gasteiger partial charge in [-0.1, -0.05) is 0 Å². The minimum atomic E-state index is -0.0828. The average Bonchev–Trinajstić information content (AvgIpc) is 2.47. The van der Waals surface area contributed by atoms with Gasteiger partial charge in [0.15, 0.2) is 0 Å². The Kier molecular flexibility index (Phi) is 3.45. The van der Waals surface area contributed by atoms with Crippen LogP contribution in [0, 0.1) is 6.92 Å². The first-order valence-corrected chi connectivity index (χ1v) is 6.82. The van der Waals surface area contributed by atoms with Crippen molar-refractivity contribution in [1.29, 1.82) is 0 Å². The summed E-state index contributed by atoms with van der Waals surface area (Å²) in [5.41, 5.74) is 0.785. The van der Waals surface area contributed by atoms with E-state index < -0.39 is 0 Å². The second-order valence-corrected chi connectivity index (χ2v) is 5.09. The highest BCUT2D eigenvalue weighted by Crippen LogP contribution is 2.26. The fraction of sp³-hybridized carbons (Fsp3) is 0.429. The molecule has 1 aliphatic rings. The van der Waals surface area contributed by atoms with Gasteiger partial charge in [-0.25, -0.2) is 15.0 Å². The van der Waals surface area contributed by atoms with Crippen molar-refractivity contribution in [3.05, 3.63) is 46.4 Å². The van der Waals surface area contributed by atoms with Gasteiger partial charge in [0.1, 0.15) is 5.82 Å². The molecular formula is C14H17N5O. The van der Waals surface area contributed by atoms with Gasteiger partial charge < -0.3 is 9.88 Å². The Labute approximate surface area is 116 Å². The van der Waals surface area contributed by atoms with Gasteiger partial charge in [-0.15, -0.1) is 0 Å². The van der Waals surface area contributed by atoms with E-state index >= 15 is 0 Å². The molecule has 0 radical (unpaired) electrons. The highest BCUT2D eigenvalue weighted by molar-refractivity contribution is 5.31. The maximum Gasteiger partial charge on any atom is 0.251 e. The van der Waals surface area contributed by atoms with Crippen LogP contribution in [0.2, 0.25) is 0 Å². The van der Waals surface area contributed by atoms with Crippen LogP contribution in [-0.4, -0.2) is 33.0 Å². The molecule has 0 unspecified atom stereocenters. The summed E-state index contributed by atoms with van der Waals surface area (Å²) in [4.78, 5) is 29.5. The highest BCUT2D eigenvalue weighted by Gasteiger charge is 2.24. The zero-order valence-corrected chi connectivity index (χ0v) is 11.4. The third-order valence-electron chi connectivity index (χ3n) is 3.55. The van der Waals surface area contributed by atoms with E-state index in [1.807, 2.05) is 13.0 Å². The molecule has 6 nitrogen and oxygen atoms in total. The number of aromatic amines is 1. The van der Waals surface area contributed by atoms with Gasteiger partial charge in [-0.05, 0) is 25.8 Å². The second-order valence-electron chi connectivity index (χ2n) is 5.09. The van der Waals surface area contributed by atoms with Crippen LogP contribution in [0.4, 0.5) is 5.95 Å². The Morgan fingerprint density at radius 3 is 2.90 bits per heavy atom. The minimum Gasteiger partial charge on any atom is -0.340 e. The van der Waals surface area contributed by atoms with E-state index in [9.17, 15) is 4.79 Å². The van der Waals surface area contributed by atoms with Crippen molar-refractivity contribution in [2.24, 2.45) is 0 Å². The number of rotatable bonds is 2. The topological polar surface area (TPSA) is 74.8 Å². The van der Waals surface area contributed by atoms with Gasteiger partial charge in [0, 0.05) is 37.5 Å². The zero-order valence-electron chi connectivity index (χ0n) is 11.4. The number of nitrogens with zero attached hydrogens (tertiary/aromatic N) is 4. The Hall–Kier alpha value is -2.24. The Morgan fingerprint density at radius 2 is 2.15 bits per heavy atom. The first-order chi connectivity index (χ1) is 9.72. The molecule has 2 aromatic heterocycles. The normalized spacial score (nSPS) is 19.1. The van der Waals surface area contributed by atoms with E-state index in [0.717, 1.165) is 37.6 Å². The lowest BCUT2D eigenvalue weighted by Crippen LogP contribution is -2.36. The molecule has 0 spiro atoms. The van der Waals surface area contributed by atoms with Crippen LogP contribution in [0.25, 0.3) is 0 Å². The van der Waals surface area contributed by atoms with E-state index in [0.29, 0.717) is 5.82 Å². The van der Waals surface area contributed by atoms with Gasteiger partial charge in [0.25, 0.3) is 5.56 Å². The fourth-order valence-electron chi connectivity index (χ4n) is 2.67. The van der Waals surface area contributed by atoms with Crippen LogP contribution in [0.3, 0.4) is 0 Å². The third-order valence-corrected chi connectivity index (χ3v) is 3.55. The predicted octanol–water partition coefficient (Wildman–Crippen LogP) is 1.25. The minimum absolute atomic E-state index is 0.0828. The maximum atomic E-state index is 11.6. The smallest absolute Gasteiger partial charge is 0.251 e. The number of nitrogens with one attached hydrogen (secondary N) is 1. The number of aromatic nitrogens is 4. The first kappa shape index (κ1) is 12.8. The number of aryl methyl sites for hydroxylation is 1. The van der Waals surface area contributed by atoms with Gasteiger partial charge in [0.2, 0.25) is 5.95 Å². The predicted molar refractivity (Wildman–Crippen MR) is 75.8 cm³/mol.